The average molecular weight is 1420 g/mol. The molecule has 0 aromatic heterocycles. The fourth-order valence-corrected chi connectivity index (χ4v) is 13.6. The number of esters is 4. The van der Waals surface area contributed by atoms with Gasteiger partial charge in [-0.25, -0.2) is 9.13 Å². The van der Waals surface area contributed by atoms with Crippen LogP contribution >= 0.6 is 15.6 Å². The third-order valence-electron chi connectivity index (χ3n) is 18.2. The molecular formula is C78H152O17P2. The Kier molecular flexibility index (Phi) is 68.4. The Labute approximate surface area is 594 Å². The van der Waals surface area contributed by atoms with Gasteiger partial charge in [0.25, 0.3) is 0 Å². The summed E-state index contributed by atoms with van der Waals surface area (Å²) in [6.07, 6.45) is 58.4. The van der Waals surface area contributed by atoms with Gasteiger partial charge in [0.05, 0.1) is 26.4 Å². The van der Waals surface area contributed by atoms with Gasteiger partial charge < -0.3 is 33.8 Å². The molecule has 2 unspecified atom stereocenters. The lowest BCUT2D eigenvalue weighted by molar-refractivity contribution is -0.161. The highest BCUT2D eigenvalue weighted by Gasteiger charge is 2.30. The summed E-state index contributed by atoms with van der Waals surface area (Å²) < 4.78 is 68.6. The van der Waals surface area contributed by atoms with Crippen molar-refractivity contribution in [3.63, 3.8) is 0 Å². The highest BCUT2D eigenvalue weighted by atomic mass is 31.2. The van der Waals surface area contributed by atoms with Crippen molar-refractivity contribution in [2.24, 2.45) is 11.8 Å². The normalized spacial score (nSPS) is 14.0. The van der Waals surface area contributed by atoms with Gasteiger partial charge >= 0.3 is 39.5 Å². The number of aliphatic hydroxyl groups is 1. The smallest absolute Gasteiger partial charge is 0.462 e. The van der Waals surface area contributed by atoms with Crippen LogP contribution in [0.3, 0.4) is 0 Å². The van der Waals surface area contributed by atoms with Crippen LogP contribution in [-0.2, 0) is 65.4 Å². The molecular weight excluding hydrogens is 1270 g/mol. The Morgan fingerprint density at radius 3 is 0.701 bits per heavy atom. The molecule has 17 nitrogen and oxygen atoms in total. The molecule has 0 fully saturated rings. The maximum Gasteiger partial charge on any atom is 0.472 e. The van der Waals surface area contributed by atoms with Gasteiger partial charge in [-0.1, -0.05) is 356 Å². The van der Waals surface area contributed by atoms with E-state index in [0.29, 0.717) is 31.6 Å². The van der Waals surface area contributed by atoms with Gasteiger partial charge in [-0.2, -0.15) is 0 Å². The van der Waals surface area contributed by atoms with E-state index < -0.39 is 97.5 Å². The zero-order valence-electron chi connectivity index (χ0n) is 63.4. The summed E-state index contributed by atoms with van der Waals surface area (Å²) in [5.41, 5.74) is 0. The molecule has 0 amide bonds. The average Bonchev–Trinajstić information content (AvgIpc) is 1.04. The molecule has 0 aliphatic rings. The minimum Gasteiger partial charge on any atom is -0.462 e. The van der Waals surface area contributed by atoms with Crippen LogP contribution in [0.15, 0.2) is 0 Å². The highest BCUT2D eigenvalue weighted by Crippen LogP contribution is 2.45. The highest BCUT2D eigenvalue weighted by molar-refractivity contribution is 7.47. The molecule has 0 radical (unpaired) electrons. The van der Waals surface area contributed by atoms with Crippen LogP contribution < -0.4 is 0 Å². The van der Waals surface area contributed by atoms with Crippen LogP contribution in [-0.4, -0.2) is 96.7 Å². The van der Waals surface area contributed by atoms with Crippen molar-refractivity contribution >= 4 is 39.5 Å². The second-order valence-corrected chi connectivity index (χ2v) is 32.0. The number of phosphoric acid groups is 2. The largest absolute Gasteiger partial charge is 0.472 e. The Morgan fingerprint density at radius 1 is 0.278 bits per heavy atom. The second kappa shape index (κ2) is 69.8. The molecule has 0 bridgehead atoms. The molecule has 0 saturated heterocycles. The summed E-state index contributed by atoms with van der Waals surface area (Å²) in [5, 5.41) is 10.6. The first-order valence-corrected chi connectivity index (χ1v) is 43.5. The molecule has 97 heavy (non-hydrogen) atoms. The van der Waals surface area contributed by atoms with Crippen molar-refractivity contribution in [1.82, 2.24) is 0 Å². The number of carbonyl (C=O) groups is 4. The SMILES string of the molecule is CCCCCCCCCCCCCCCCCC(=O)OC[C@H](COP(=O)(O)OC[C@@H](O)COP(=O)(O)OC[C@@H](COC(=O)CCCCCCCCC(C)C)OC(=O)CCCCCCCCCCCCCCCC)OC(=O)CCCCCCCCCCCCCCCCCCC(C)C. The van der Waals surface area contributed by atoms with Crippen molar-refractivity contribution in [1.29, 1.82) is 0 Å². The molecule has 0 spiro atoms. The van der Waals surface area contributed by atoms with Crippen LogP contribution in [0.4, 0.5) is 0 Å². The summed E-state index contributed by atoms with van der Waals surface area (Å²) >= 11 is 0. The molecule has 576 valence electrons. The van der Waals surface area contributed by atoms with Gasteiger partial charge in [0.15, 0.2) is 12.2 Å². The summed E-state index contributed by atoms with van der Waals surface area (Å²) in [6.45, 7) is 9.57. The molecule has 19 heteroatoms. The van der Waals surface area contributed by atoms with E-state index in [1.165, 1.54) is 218 Å². The van der Waals surface area contributed by atoms with E-state index in [2.05, 4.69) is 41.5 Å². The summed E-state index contributed by atoms with van der Waals surface area (Å²) in [6, 6.07) is 0. The van der Waals surface area contributed by atoms with Crippen molar-refractivity contribution in [2.75, 3.05) is 39.6 Å². The van der Waals surface area contributed by atoms with E-state index in [1.54, 1.807) is 0 Å². The number of hydrogen-bond acceptors (Lipinski definition) is 15. The predicted octanol–water partition coefficient (Wildman–Crippen LogP) is 23.1. The van der Waals surface area contributed by atoms with Crippen LogP contribution in [0.1, 0.15) is 408 Å². The Hall–Kier alpha value is -1.94. The molecule has 0 aliphatic carbocycles. The number of phosphoric ester groups is 2. The van der Waals surface area contributed by atoms with Crippen molar-refractivity contribution in [2.45, 2.75) is 426 Å². The minimum absolute atomic E-state index is 0.107. The molecule has 0 aromatic rings. The van der Waals surface area contributed by atoms with Crippen LogP contribution in [0, 0.1) is 11.8 Å². The molecule has 0 heterocycles. The summed E-state index contributed by atoms with van der Waals surface area (Å²) in [4.78, 5) is 72.9. The predicted molar refractivity (Wildman–Crippen MR) is 395 cm³/mol. The monoisotopic (exact) mass is 1420 g/mol. The second-order valence-electron chi connectivity index (χ2n) is 29.1. The van der Waals surface area contributed by atoms with Crippen molar-refractivity contribution < 1.29 is 80.2 Å². The maximum absolute atomic E-state index is 13.1. The topological polar surface area (TPSA) is 237 Å². The van der Waals surface area contributed by atoms with Crippen molar-refractivity contribution in [3.8, 4) is 0 Å². The van der Waals surface area contributed by atoms with E-state index in [0.717, 1.165) is 102 Å². The molecule has 3 N–H and O–H groups in total. The van der Waals surface area contributed by atoms with Crippen LogP contribution in [0.5, 0.6) is 0 Å². The lowest BCUT2D eigenvalue weighted by Crippen LogP contribution is -2.30. The summed E-state index contributed by atoms with van der Waals surface area (Å²) in [5.74, 6) is -0.624. The van der Waals surface area contributed by atoms with E-state index in [1.807, 2.05) is 0 Å². The van der Waals surface area contributed by atoms with Gasteiger partial charge in [-0.3, -0.25) is 37.3 Å². The Morgan fingerprint density at radius 2 is 0.474 bits per heavy atom. The van der Waals surface area contributed by atoms with E-state index in [-0.39, 0.29) is 25.7 Å². The van der Waals surface area contributed by atoms with Crippen LogP contribution in [0.2, 0.25) is 0 Å². The molecule has 0 aromatic carbocycles. The number of aliphatic hydroxyl groups excluding tert-OH is 1. The molecule has 0 rings (SSSR count). The van der Waals surface area contributed by atoms with E-state index in [9.17, 15) is 43.2 Å². The number of hydrogen-bond donors (Lipinski definition) is 3. The van der Waals surface area contributed by atoms with Gasteiger partial charge in [0, 0.05) is 25.7 Å². The van der Waals surface area contributed by atoms with E-state index in [4.69, 9.17) is 37.0 Å². The zero-order valence-corrected chi connectivity index (χ0v) is 65.2. The lowest BCUT2D eigenvalue weighted by atomic mass is 10.0. The first-order chi connectivity index (χ1) is 46.9. The van der Waals surface area contributed by atoms with Crippen LogP contribution in [0.25, 0.3) is 0 Å². The maximum atomic E-state index is 13.1. The lowest BCUT2D eigenvalue weighted by Gasteiger charge is -2.21. The number of rotatable bonds is 77. The van der Waals surface area contributed by atoms with Gasteiger partial charge in [0.2, 0.25) is 0 Å². The first-order valence-electron chi connectivity index (χ1n) is 40.5. The number of unbranched alkanes of at least 4 members (excludes halogenated alkanes) is 47. The summed E-state index contributed by atoms with van der Waals surface area (Å²) in [7, 11) is -9.91. The molecule has 5 atom stereocenters. The standard InChI is InChI=1S/C78H152O17P2/c1-7-9-11-13-15-17-19-21-25-30-33-37-41-48-54-60-75(80)88-66-73(94-77(82)63-57-51-43-39-35-31-27-24-23-26-28-32-36-40-46-52-58-70(3)4)68-92-96(84,85)90-64-72(79)65-91-97(86,87)93-69-74(67-89-76(81)61-55-49-45-44-47-53-59-71(5)6)95-78(83)62-56-50-42-38-34-29-22-20-18-16-14-12-10-8-2/h70-74,79H,7-69H2,1-6H3,(H,84,85)(H,86,87)/t72-,73-,74-/m1/s1. The third kappa shape index (κ3) is 72.2. The fraction of sp³-hybridized carbons (Fsp3) is 0.949. The van der Waals surface area contributed by atoms with Gasteiger partial charge in [-0.15, -0.1) is 0 Å². The third-order valence-corrected chi connectivity index (χ3v) is 20.1. The molecule has 0 aliphatic heterocycles. The van der Waals surface area contributed by atoms with Gasteiger partial charge in [-0.05, 0) is 37.5 Å². The van der Waals surface area contributed by atoms with Gasteiger partial charge in [0.1, 0.15) is 19.3 Å². The Bertz CT molecular complexity index is 1870. The number of ether oxygens (including phenoxy) is 4. The van der Waals surface area contributed by atoms with E-state index >= 15 is 0 Å². The Balaban J connectivity index is 5.22. The number of carbonyl (C=O) groups excluding carboxylic acids is 4. The fourth-order valence-electron chi connectivity index (χ4n) is 12.0. The quantitative estimate of drug-likeness (QED) is 0.0222. The first kappa shape index (κ1) is 95.1. The van der Waals surface area contributed by atoms with Crippen molar-refractivity contribution in [3.05, 3.63) is 0 Å². The minimum atomic E-state index is -4.96. The zero-order chi connectivity index (χ0) is 71.4. The molecule has 0 saturated carbocycles.